The first kappa shape index (κ1) is 9.77. The van der Waals surface area contributed by atoms with Gasteiger partial charge < -0.3 is 0 Å². The second-order valence-electron chi connectivity index (χ2n) is 2.36. The van der Waals surface area contributed by atoms with Gasteiger partial charge in [-0.05, 0) is 10.9 Å². The molecular weight excluding hydrogens is 216 g/mol. The Bertz CT molecular complexity index is 383. The monoisotopic (exact) mass is 222 g/mol. The van der Waals surface area contributed by atoms with E-state index in [-0.39, 0.29) is 5.92 Å². The van der Waals surface area contributed by atoms with Gasteiger partial charge in [-0.2, -0.15) is 19.8 Å². The summed E-state index contributed by atoms with van der Waals surface area (Å²) < 4.78 is 20.6. The van der Waals surface area contributed by atoms with Crippen molar-refractivity contribution in [3.8, 4) is 0 Å². The van der Waals surface area contributed by atoms with Crippen LogP contribution in [0.15, 0.2) is 10.8 Å². The Morgan fingerprint density at radius 2 is 2.25 bits per heavy atom. The van der Waals surface area contributed by atoms with Crippen LogP contribution >= 0.6 is 22.9 Å². The lowest BCUT2D eigenvalue weighted by Crippen LogP contribution is -1.93. The third-order valence-corrected chi connectivity index (χ3v) is 3.30. The van der Waals surface area contributed by atoms with Crippen molar-refractivity contribution >= 4 is 38.6 Å². The molecule has 0 saturated carbocycles. The standard InChI is InChI=1S/C7H7ClO2S2/c1-5(4-12(9)10)6-2-11-3-7(6)8/h2-5H,1H3. The van der Waals surface area contributed by atoms with Gasteiger partial charge in [0.15, 0.2) is 0 Å². The molecule has 0 aliphatic heterocycles. The second-order valence-corrected chi connectivity index (χ2v) is 4.30. The van der Waals surface area contributed by atoms with Crippen LogP contribution in [0.2, 0.25) is 5.02 Å². The van der Waals surface area contributed by atoms with E-state index in [0.717, 1.165) is 5.56 Å². The van der Waals surface area contributed by atoms with E-state index in [0.29, 0.717) is 5.02 Å². The molecule has 5 heteroatoms. The van der Waals surface area contributed by atoms with Gasteiger partial charge in [-0.3, -0.25) is 0 Å². The largest absolute Gasteiger partial charge is 0.210 e. The zero-order valence-electron chi connectivity index (χ0n) is 6.32. The molecule has 1 aromatic rings. The molecule has 0 aromatic carbocycles. The molecule has 1 unspecified atom stereocenters. The number of halogens is 1. The fraction of sp³-hybridized carbons (Fsp3) is 0.286. The van der Waals surface area contributed by atoms with Crippen molar-refractivity contribution in [1.29, 1.82) is 0 Å². The fourth-order valence-electron chi connectivity index (χ4n) is 0.856. The van der Waals surface area contributed by atoms with Gasteiger partial charge in [0.05, 0.1) is 5.02 Å². The predicted molar refractivity (Wildman–Crippen MR) is 52.7 cm³/mol. The lowest BCUT2D eigenvalue weighted by Gasteiger charge is -2.00. The summed E-state index contributed by atoms with van der Waals surface area (Å²) in [4.78, 5) is 0. The van der Waals surface area contributed by atoms with Crippen molar-refractivity contribution in [3.63, 3.8) is 0 Å². The maximum atomic E-state index is 10.3. The topological polar surface area (TPSA) is 34.1 Å². The highest BCUT2D eigenvalue weighted by Crippen LogP contribution is 2.26. The van der Waals surface area contributed by atoms with Crippen LogP contribution in [0, 0.1) is 0 Å². The summed E-state index contributed by atoms with van der Waals surface area (Å²) in [5, 5.41) is 5.51. The minimum Gasteiger partial charge on any atom is -0.185 e. The molecule has 0 bridgehead atoms. The first-order chi connectivity index (χ1) is 5.61. The van der Waals surface area contributed by atoms with E-state index in [4.69, 9.17) is 11.6 Å². The molecule has 0 aliphatic rings. The lowest BCUT2D eigenvalue weighted by molar-refractivity contribution is 0.627. The first-order valence-corrected chi connectivity index (χ1v) is 5.71. The smallest absolute Gasteiger partial charge is 0.185 e. The molecule has 1 heterocycles. The third-order valence-electron chi connectivity index (χ3n) is 1.45. The molecule has 0 amide bonds. The van der Waals surface area contributed by atoms with Crippen LogP contribution < -0.4 is 0 Å². The van der Waals surface area contributed by atoms with Crippen LogP contribution in [-0.4, -0.2) is 13.8 Å². The Hall–Kier alpha value is -0.320. The summed E-state index contributed by atoms with van der Waals surface area (Å²) >= 11 is 7.28. The SMILES string of the molecule is CC(C=S(=O)=O)c1cscc1Cl. The van der Waals surface area contributed by atoms with Gasteiger partial charge >= 0.3 is 0 Å². The Balaban J connectivity index is 3.00. The summed E-state index contributed by atoms with van der Waals surface area (Å²) in [6.45, 7) is 1.80. The van der Waals surface area contributed by atoms with Gasteiger partial charge in [0.2, 0.25) is 10.3 Å². The average molecular weight is 223 g/mol. The summed E-state index contributed by atoms with van der Waals surface area (Å²) in [6, 6.07) is 0. The Morgan fingerprint density at radius 3 is 2.67 bits per heavy atom. The number of hydrogen-bond acceptors (Lipinski definition) is 3. The highest BCUT2D eigenvalue weighted by atomic mass is 35.5. The Morgan fingerprint density at radius 1 is 1.58 bits per heavy atom. The van der Waals surface area contributed by atoms with Gasteiger partial charge in [-0.25, -0.2) is 0 Å². The first-order valence-electron chi connectivity index (χ1n) is 3.26. The van der Waals surface area contributed by atoms with Gasteiger partial charge in [-0.15, -0.1) is 0 Å². The summed E-state index contributed by atoms with van der Waals surface area (Å²) in [7, 11) is -2.12. The van der Waals surface area contributed by atoms with E-state index in [1.54, 1.807) is 12.3 Å². The number of thiophene rings is 1. The molecule has 0 radical (unpaired) electrons. The fourth-order valence-corrected chi connectivity index (χ4v) is 2.59. The highest BCUT2D eigenvalue weighted by Gasteiger charge is 2.07. The number of hydrogen-bond donors (Lipinski definition) is 0. The zero-order valence-corrected chi connectivity index (χ0v) is 8.71. The normalized spacial score (nSPS) is 12.5. The van der Waals surface area contributed by atoms with E-state index in [9.17, 15) is 8.42 Å². The molecule has 0 aliphatic carbocycles. The maximum Gasteiger partial charge on any atom is 0.210 e. The molecule has 1 atom stereocenters. The van der Waals surface area contributed by atoms with Crippen LogP contribution in [0.3, 0.4) is 0 Å². The van der Waals surface area contributed by atoms with Crippen LogP contribution in [0.25, 0.3) is 0 Å². The second kappa shape index (κ2) is 4.07. The van der Waals surface area contributed by atoms with E-state index in [1.165, 1.54) is 16.7 Å². The minimum atomic E-state index is -2.12. The van der Waals surface area contributed by atoms with Crippen molar-refractivity contribution < 1.29 is 8.42 Å². The third kappa shape index (κ3) is 2.33. The van der Waals surface area contributed by atoms with E-state index in [2.05, 4.69) is 0 Å². The van der Waals surface area contributed by atoms with Crippen molar-refractivity contribution in [2.24, 2.45) is 0 Å². The Labute approximate surface area is 81.3 Å². The maximum absolute atomic E-state index is 10.3. The molecule has 0 spiro atoms. The number of rotatable bonds is 2. The van der Waals surface area contributed by atoms with Crippen molar-refractivity contribution in [2.75, 3.05) is 0 Å². The molecular formula is C7H7ClO2S2. The van der Waals surface area contributed by atoms with Crippen LogP contribution in [0.5, 0.6) is 0 Å². The van der Waals surface area contributed by atoms with Gasteiger partial charge in [0.25, 0.3) is 0 Å². The molecule has 12 heavy (non-hydrogen) atoms. The molecule has 66 valence electrons. The molecule has 1 rings (SSSR count). The zero-order chi connectivity index (χ0) is 9.14. The van der Waals surface area contributed by atoms with Crippen molar-refractivity contribution in [2.45, 2.75) is 12.8 Å². The summed E-state index contributed by atoms with van der Waals surface area (Å²) in [5.74, 6) is -0.137. The van der Waals surface area contributed by atoms with Gasteiger partial charge in [-0.1, -0.05) is 18.5 Å². The van der Waals surface area contributed by atoms with E-state index >= 15 is 0 Å². The van der Waals surface area contributed by atoms with E-state index in [1.807, 2.05) is 5.38 Å². The highest BCUT2D eigenvalue weighted by molar-refractivity contribution is 7.71. The predicted octanol–water partition coefficient (Wildman–Crippen LogP) is 2.19. The molecule has 2 nitrogen and oxygen atoms in total. The van der Waals surface area contributed by atoms with Crippen LogP contribution in [0.4, 0.5) is 0 Å². The van der Waals surface area contributed by atoms with Gasteiger partial charge in [0.1, 0.15) is 0 Å². The summed E-state index contributed by atoms with van der Waals surface area (Å²) in [5.41, 5.74) is 0.867. The molecule has 0 fully saturated rings. The van der Waals surface area contributed by atoms with Gasteiger partial charge in [0, 0.05) is 16.7 Å². The van der Waals surface area contributed by atoms with E-state index < -0.39 is 10.3 Å². The quantitative estimate of drug-likeness (QED) is 0.719. The van der Waals surface area contributed by atoms with Crippen molar-refractivity contribution in [3.05, 3.63) is 21.3 Å². The molecule has 1 aromatic heterocycles. The Kier molecular flexibility index (Phi) is 3.31. The van der Waals surface area contributed by atoms with Crippen molar-refractivity contribution in [1.82, 2.24) is 0 Å². The minimum absolute atomic E-state index is 0.137. The van der Waals surface area contributed by atoms with Crippen LogP contribution in [0.1, 0.15) is 18.4 Å². The molecule has 0 saturated heterocycles. The molecule has 0 N–H and O–H groups in total. The average Bonchev–Trinajstić information content (AvgIpc) is 2.33. The van der Waals surface area contributed by atoms with Crippen LogP contribution in [-0.2, 0) is 10.3 Å². The lowest BCUT2D eigenvalue weighted by atomic mass is 10.1. The summed E-state index contributed by atoms with van der Waals surface area (Å²) in [6.07, 6.45) is 0.